The molecule has 18 heavy (non-hydrogen) atoms. The lowest BCUT2D eigenvalue weighted by Crippen LogP contribution is -2.32. The fourth-order valence-corrected chi connectivity index (χ4v) is 3.09. The quantitative estimate of drug-likeness (QED) is 0.819. The molecule has 0 saturated heterocycles. The molecule has 0 saturated carbocycles. The average molecular weight is 265 g/mol. The molecule has 1 aromatic carbocycles. The van der Waals surface area contributed by atoms with Crippen molar-refractivity contribution in [3.05, 3.63) is 29.3 Å². The standard InChI is InChI=1S/C15H23NOS/c1-3-14(11-18-2)16-8-6-12-4-5-15-13(10-12)7-9-17-15/h4-5,10,14,16H,3,6-9,11H2,1-2H3. The number of hydrogen-bond donors (Lipinski definition) is 1. The molecular weight excluding hydrogens is 242 g/mol. The van der Waals surface area contributed by atoms with Crippen LogP contribution in [0.3, 0.4) is 0 Å². The van der Waals surface area contributed by atoms with Crippen molar-refractivity contribution in [2.45, 2.75) is 32.2 Å². The Bertz CT molecular complexity index is 381. The van der Waals surface area contributed by atoms with Crippen LogP contribution in [0.2, 0.25) is 0 Å². The number of benzene rings is 1. The number of fused-ring (bicyclic) bond motifs is 1. The van der Waals surface area contributed by atoms with Gasteiger partial charge in [-0.05, 0) is 42.8 Å². The molecule has 1 unspecified atom stereocenters. The summed E-state index contributed by atoms with van der Waals surface area (Å²) in [7, 11) is 0. The molecule has 2 nitrogen and oxygen atoms in total. The van der Waals surface area contributed by atoms with E-state index in [1.807, 2.05) is 11.8 Å². The van der Waals surface area contributed by atoms with Crippen LogP contribution in [0.1, 0.15) is 24.5 Å². The van der Waals surface area contributed by atoms with Crippen LogP contribution < -0.4 is 10.1 Å². The molecule has 1 heterocycles. The van der Waals surface area contributed by atoms with Gasteiger partial charge in [-0.3, -0.25) is 0 Å². The lowest BCUT2D eigenvalue weighted by atomic mass is 10.1. The van der Waals surface area contributed by atoms with Crippen LogP contribution in [0.25, 0.3) is 0 Å². The Morgan fingerprint density at radius 3 is 3.11 bits per heavy atom. The van der Waals surface area contributed by atoms with Gasteiger partial charge in [0, 0.05) is 18.2 Å². The maximum absolute atomic E-state index is 5.53. The summed E-state index contributed by atoms with van der Waals surface area (Å²) in [6, 6.07) is 7.27. The summed E-state index contributed by atoms with van der Waals surface area (Å²) >= 11 is 1.92. The Labute approximate surface area is 114 Å². The largest absolute Gasteiger partial charge is 0.493 e. The maximum Gasteiger partial charge on any atom is 0.122 e. The van der Waals surface area contributed by atoms with Crippen molar-refractivity contribution in [1.29, 1.82) is 0 Å². The van der Waals surface area contributed by atoms with E-state index in [2.05, 4.69) is 36.7 Å². The third kappa shape index (κ3) is 3.66. The highest BCUT2D eigenvalue weighted by atomic mass is 32.2. The van der Waals surface area contributed by atoms with Gasteiger partial charge in [0.2, 0.25) is 0 Å². The second-order valence-corrected chi connectivity index (χ2v) is 5.72. The molecule has 0 fully saturated rings. The minimum atomic E-state index is 0.651. The molecule has 100 valence electrons. The molecule has 3 heteroatoms. The van der Waals surface area contributed by atoms with Gasteiger partial charge < -0.3 is 10.1 Å². The van der Waals surface area contributed by atoms with Crippen LogP contribution in [0.5, 0.6) is 5.75 Å². The smallest absolute Gasteiger partial charge is 0.122 e. The number of ether oxygens (including phenoxy) is 1. The molecule has 0 bridgehead atoms. The van der Waals surface area contributed by atoms with E-state index in [-0.39, 0.29) is 0 Å². The van der Waals surface area contributed by atoms with Crippen LogP contribution in [-0.4, -0.2) is 31.2 Å². The van der Waals surface area contributed by atoms with Crippen LogP contribution in [0, 0.1) is 0 Å². The Kier molecular flexibility index (Phi) is 5.39. The van der Waals surface area contributed by atoms with Crippen molar-refractivity contribution in [3.63, 3.8) is 0 Å². The number of thioether (sulfide) groups is 1. The molecule has 0 spiro atoms. The minimum absolute atomic E-state index is 0.651. The zero-order valence-electron chi connectivity index (χ0n) is 11.4. The fraction of sp³-hybridized carbons (Fsp3) is 0.600. The first kappa shape index (κ1) is 13.8. The lowest BCUT2D eigenvalue weighted by Gasteiger charge is -2.15. The van der Waals surface area contributed by atoms with Crippen molar-refractivity contribution in [2.24, 2.45) is 0 Å². The maximum atomic E-state index is 5.53. The van der Waals surface area contributed by atoms with E-state index in [1.165, 1.54) is 23.3 Å². The van der Waals surface area contributed by atoms with Crippen LogP contribution in [0.15, 0.2) is 18.2 Å². The highest BCUT2D eigenvalue weighted by molar-refractivity contribution is 7.98. The molecule has 0 amide bonds. The summed E-state index contributed by atoms with van der Waals surface area (Å²) in [5.41, 5.74) is 2.80. The monoisotopic (exact) mass is 265 g/mol. The molecular formula is C15H23NOS. The molecule has 0 radical (unpaired) electrons. The third-order valence-electron chi connectivity index (χ3n) is 3.46. The summed E-state index contributed by atoms with van der Waals surface area (Å²) < 4.78 is 5.53. The summed E-state index contributed by atoms with van der Waals surface area (Å²) in [5.74, 6) is 2.29. The van der Waals surface area contributed by atoms with E-state index in [0.29, 0.717) is 6.04 Å². The number of hydrogen-bond acceptors (Lipinski definition) is 3. The van der Waals surface area contributed by atoms with E-state index in [1.54, 1.807) is 0 Å². The summed E-state index contributed by atoms with van der Waals surface area (Å²) in [6.07, 6.45) is 5.56. The van der Waals surface area contributed by atoms with Crippen LogP contribution >= 0.6 is 11.8 Å². The van der Waals surface area contributed by atoms with Crippen molar-refractivity contribution in [1.82, 2.24) is 5.32 Å². The van der Waals surface area contributed by atoms with E-state index in [9.17, 15) is 0 Å². The highest BCUT2D eigenvalue weighted by Crippen LogP contribution is 2.25. The number of nitrogens with one attached hydrogen (secondary N) is 1. The predicted octanol–water partition coefficient (Wildman–Crippen LogP) is 2.90. The first-order chi connectivity index (χ1) is 8.83. The van der Waals surface area contributed by atoms with Gasteiger partial charge in [-0.25, -0.2) is 0 Å². The molecule has 1 aliphatic rings. The molecule has 1 aliphatic heterocycles. The van der Waals surface area contributed by atoms with E-state index < -0.39 is 0 Å². The Morgan fingerprint density at radius 2 is 2.33 bits per heavy atom. The SMILES string of the molecule is CCC(CSC)NCCc1ccc2c(c1)CCO2. The Hall–Kier alpha value is -0.670. The van der Waals surface area contributed by atoms with E-state index in [4.69, 9.17) is 4.74 Å². The normalized spacial score (nSPS) is 15.2. The van der Waals surface area contributed by atoms with Crippen molar-refractivity contribution >= 4 is 11.8 Å². The van der Waals surface area contributed by atoms with E-state index in [0.717, 1.165) is 31.7 Å². The zero-order valence-corrected chi connectivity index (χ0v) is 12.2. The number of rotatable bonds is 7. The van der Waals surface area contributed by atoms with Crippen molar-refractivity contribution < 1.29 is 4.74 Å². The molecule has 2 rings (SSSR count). The second kappa shape index (κ2) is 7.05. The summed E-state index contributed by atoms with van der Waals surface area (Å²) in [4.78, 5) is 0. The van der Waals surface area contributed by atoms with Gasteiger partial charge in [-0.2, -0.15) is 11.8 Å². The van der Waals surface area contributed by atoms with Gasteiger partial charge in [-0.15, -0.1) is 0 Å². The van der Waals surface area contributed by atoms with Gasteiger partial charge in [0.15, 0.2) is 0 Å². The van der Waals surface area contributed by atoms with Gasteiger partial charge in [0.1, 0.15) is 5.75 Å². The lowest BCUT2D eigenvalue weighted by molar-refractivity contribution is 0.357. The summed E-state index contributed by atoms with van der Waals surface area (Å²) in [5, 5.41) is 3.63. The Morgan fingerprint density at radius 1 is 1.44 bits per heavy atom. The molecule has 1 atom stereocenters. The van der Waals surface area contributed by atoms with Gasteiger partial charge in [0.25, 0.3) is 0 Å². The third-order valence-corrected chi connectivity index (χ3v) is 4.20. The van der Waals surface area contributed by atoms with Crippen LogP contribution in [-0.2, 0) is 12.8 Å². The van der Waals surface area contributed by atoms with Crippen LogP contribution in [0.4, 0.5) is 0 Å². The first-order valence-corrected chi connectivity index (χ1v) is 8.19. The zero-order chi connectivity index (χ0) is 12.8. The topological polar surface area (TPSA) is 21.3 Å². The Balaban J connectivity index is 1.79. The van der Waals surface area contributed by atoms with Gasteiger partial charge >= 0.3 is 0 Å². The first-order valence-electron chi connectivity index (χ1n) is 6.80. The minimum Gasteiger partial charge on any atom is -0.493 e. The van der Waals surface area contributed by atoms with Gasteiger partial charge in [-0.1, -0.05) is 19.1 Å². The second-order valence-electron chi connectivity index (χ2n) is 4.81. The highest BCUT2D eigenvalue weighted by Gasteiger charge is 2.12. The molecule has 1 N–H and O–H groups in total. The van der Waals surface area contributed by atoms with Crippen molar-refractivity contribution in [2.75, 3.05) is 25.2 Å². The molecule has 0 aliphatic carbocycles. The van der Waals surface area contributed by atoms with Crippen molar-refractivity contribution in [3.8, 4) is 5.75 Å². The predicted molar refractivity (Wildman–Crippen MR) is 79.8 cm³/mol. The fourth-order valence-electron chi connectivity index (χ4n) is 2.34. The molecule has 1 aromatic rings. The van der Waals surface area contributed by atoms with E-state index >= 15 is 0 Å². The van der Waals surface area contributed by atoms with Gasteiger partial charge in [0.05, 0.1) is 6.61 Å². The molecule has 0 aromatic heterocycles. The summed E-state index contributed by atoms with van der Waals surface area (Å²) in [6.45, 7) is 4.17. The average Bonchev–Trinajstić information content (AvgIpc) is 2.85.